The van der Waals surface area contributed by atoms with Gasteiger partial charge in [-0.05, 0) is 17.5 Å². The number of furan rings is 1. The molecule has 86 valence electrons. The monoisotopic (exact) mass is 234 g/mol. The van der Waals surface area contributed by atoms with Crippen LogP contribution in [-0.2, 0) is 0 Å². The van der Waals surface area contributed by atoms with Crippen LogP contribution in [0.25, 0.3) is 32.7 Å². The Hall–Kier alpha value is -2.48. The van der Waals surface area contributed by atoms with Crippen molar-refractivity contribution in [3.63, 3.8) is 0 Å². The third-order valence-electron chi connectivity index (χ3n) is 3.35. The zero-order chi connectivity index (χ0) is 12.1. The molecular weight excluding hydrogens is 224 g/mol. The predicted octanol–water partition coefficient (Wildman–Crippen LogP) is 4.44. The van der Waals surface area contributed by atoms with Crippen LogP contribution in [0.3, 0.4) is 0 Å². The van der Waals surface area contributed by atoms with Crippen LogP contribution in [0.5, 0.6) is 5.75 Å². The van der Waals surface area contributed by atoms with Crippen LogP contribution in [0.15, 0.2) is 59.0 Å². The molecule has 4 aromatic rings. The van der Waals surface area contributed by atoms with Gasteiger partial charge in [-0.1, -0.05) is 42.5 Å². The van der Waals surface area contributed by atoms with Crippen molar-refractivity contribution in [2.45, 2.75) is 0 Å². The predicted molar refractivity (Wildman–Crippen MR) is 72.9 cm³/mol. The van der Waals surface area contributed by atoms with E-state index in [9.17, 15) is 5.11 Å². The summed E-state index contributed by atoms with van der Waals surface area (Å²) >= 11 is 0. The summed E-state index contributed by atoms with van der Waals surface area (Å²) in [5, 5.41) is 14.0. The molecular formula is C16H10O2. The molecule has 0 spiro atoms. The van der Waals surface area contributed by atoms with E-state index in [1.807, 2.05) is 48.5 Å². The fourth-order valence-electron chi connectivity index (χ4n) is 2.54. The Morgan fingerprint density at radius 2 is 1.56 bits per heavy atom. The summed E-state index contributed by atoms with van der Waals surface area (Å²) < 4.78 is 5.89. The topological polar surface area (TPSA) is 33.4 Å². The molecule has 1 N–H and O–H groups in total. The number of aromatic hydroxyl groups is 1. The molecule has 3 aromatic carbocycles. The summed E-state index contributed by atoms with van der Waals surface area (Å²) in [6.45, 7) is 0. The van der Waals surface area contributed by atoms with Gasteiger partial charge < -0.3 is 9.52 Å². The lowest BCUT2D eigenvalue weighted by atomic mass is 10.1. The third kappa shape index (κ3) is 1.12. The van der Waals surface area contributed by atoms with Crippen molar-refractivity contribution in [2.24, 2.45) is 0 Å². The fraction of sp³-hybridized carbons (Fsp3) is 0. The van der Waals surface area contributed by atoms with E-state index < -0.39 is 0 Å². The Kier molecular flexibility index (Phi) is 1.73. The van der Waals surface area contributed by atoms with Crippen molar-refractivity contribution in [3.05, 3.63) is 54.6 Å². The highest BCUT2D eigenvalue weighted by Crippen LogP contribution is 2.39. The number of fused-ring (bicyclic) bond motifs is 5. The normalized spacial score (nSPS) is 11.6. The summed E-state index contributed by atoms with van der Waals surface area (Å²) in [5.41, 5.74) is 1.56. The number of benzene rings is 3. The smallest absolute Gasteiger partial charge is 0.146 e. The third-order valence-corrected chi connectivity index (χ3v) is 3.35. The van der Waals surface area contributed by atoms with E-state index in [0.717, 1.165) is 32.7 Å². The highest BCUT2D eigenvalue weighted by Gasteiger charge is 2.13. The fourth-order valence-corrected chi connectivity index (χ4v) is 2.54. The van der Waals surface area contributed by atoms with Crippen molar-refractivity contribution in [2.75, 3.05) is 0 Å². The minimum Gasteiger partial charge on any atom is -0.507 e. The van der Waals surface area contributed by atoms with Gasteiger partial charge in [0.1, 0.15) is 16.9 Å². The zero-order valence-electron chi connectivity index (χ0n) is 9.55. The van der Waals surface area contributed by atoms with Crippen molar-refractivity contribution < 1.29 is 9.52 Å². The van der Waals surface area contributed by atoms with Crippen LogP contribution in [0.1, 0.15) is 0 Å². The molecule has 0 bridgehead atoms. The molecule has 0 saturated heterocycles. The average Bonchev–Trinajstić information content (AvgIpc) is 2.79. The standard InChI is InChI=1S/C16H10O2/c17-13-9-10-5-1-2-6-11(10)16-15(13)12-7-3-4-8-14(12)18-16/h1-9,17H. The molecule has 0 amide bonds. The summed E-state index contributed by atoms with van der Waals surface area (Å²) in [6.07, 6.45) is 0. The van der Waals surface area contributed by atoms with Gasteiger partial charge in [0.25, 0.3) is 0 Å². The van der Waals surface area contributed by atoms with Gasteiger partial charge in [-0.15, -0.1) is 0 Å². The quantitative estimate of drug-likeness (QED) is 0.487. The second-order valence-electron chi connectivity index (χ2n) is 4.42. The van der Waals surface area contributed by atoms with Crippen LogP contribution >= 0.6 is 0 Å². The second-order valence-corrected chi connectivity index (χ2v) is 4.42. The average molecular weight is 234 g/mol. The first-order chi connectivity index (χ1) is 8.84. The molecule has 4 rings (SSSR count). The highest BCUT2D eigenvalue weighted by atomic mass is 16.3. The van der Waals surface area contributed by atoms with Gasteiger partial charge in [0.05, 0.1) is 5.39 Å². The number of hydrogen-bond acceptors (Lipinski definition) is 2. The van der Waals surface area contributed by atoms with E-state index in [1.54, 1.807) is 6.07 Å². The number of para-hydroxylation sites is 1. The number of phenolic OH excluding ortho intramolecular Hbond substituents is 1. The molecule has 0 radical (unpaired) electrons. The highest BCUT2D eigenvalue weighted by molar-refractivity contribution is 6.17. The molecule has 1 aromatic heterocycles. The largest absolute Gasteiger partial charge is 0.507 e. The van der Waals surface area contributed by atoms with E-state index in [0.29, 0.717) is 0 Å². The van der Waals surface area contributed by atoms with Gasteiger partial charge in [-0.25, -0.2) is 0 Å². The Morgan fingerprint density at radius 1 is 0.833 bits per heavy atom. The minimum absolute atomic E-state index is 0.272. The van der Waals surface area contributed by atoms with Gasteiger partial charge in [0.15, 0.2) is 0 Å². The Labute approximate surface area is 103 Å². The second kappa shape index (κ2) is 3.26. The van der Waals surface area contributed by atoms with Crippen molar-refractivity contribution in [1.82, 2.24) is 0 Å². The first kappa shape index (κ1) is 9.54. The molecule has 0 aliphatic carbocycles. The van der Waals surface area contributed by atoms with E-state index >= 15 is 0 Å². The first-order valence-electron chi connectivity index (χ1n) is 5.86. The van der Waals surface area contributed by atoms with Crippen LogP contribution in [0, 0.1) is 0 Å². The summed E-state index contributed by atoms with van der Waals surface area (Å²) in [6, 6.07) is 17.5. The van der Waals surface area contributed by atoms with E-state index in [4.69, 9.17) is 4.42 Å². The number of phenols is 1. The summed E-state index contributed by atoms with van der Waals surface area (Å²) in [5.74, 6) is 0.272. The SMILES string of the molecule is Oc1cc2ccccc2c2oc3ccccc3c12. The van der Waals surface area contributed by atoms with E-state index in [-0.39, 0.29) is 5.75 Å². The Morgan fingerprint density at radius 3 is 2.44 bits per heavy atom. The molecule has 0 atom stereocenters. The van der Waals surface area contributed by atoms with Gasteiger partial charge in [0.2, 0.25) is 0 Å². The van der Waals surface area contributed by atoms with E-state index in [2.05, 4.69) is 0 Å². The van der Waals surface area contributed by atoms with Crippen LogP contribution < -0.4 is 0 Å². The molecule has 2 nitrogen and oxygen atoms in total. The summed E-state index contributed by atoms with van der Waals surface area (Å²) in [4.78, 5) is 0. The van der Waals surface area contributed by atoms with Crippen LogP contribution in [0.4, 0.5) is 0 Å². The first-order valence-corrected chi connectivity index (χ1v) is 5.86. The maximum Gasteiger partial charge on any atom is 0.146 e. The molecule has 18 heavy (non-hydrogen) atoms. The van der Waals surface area contributed by atoms with Gasteiger partial charge in [0, 0.05) is 10.8 Å². The van der Waals surface area contributed by atoms with Gasteiger partial charge >= 0.3 is 0 Å². The van der Waals surface area contributed by atoms with Crippen molar-refractivity contribution in [1.29, 1.82) is 0 Å². The molecule has 1 heterocycles. The molecule has 0 unspecified atom stereocenters. The Balaban J connectivity index is 2.38. The van der Waals surface area contributed by atoms with Gasteiger partial charge in [-0.3, -0.25) is 0 Å². The van der Waals surface area contributed by atoms with Gasteiger partial charge in [-0.2, -0.15) is 0 Å². The lowest BCUT2D eigenvalue weighted by Crippen LogP contribution is -1.74. The molecule has 0 aliphatic rings. The summed E-state index contributed by atoms with van der Waals surface area (Å²) in [7, 11) is 0. The lowest BCUT2D eigenvalue weighted by Gasteiger charge is -2.00. The minimum atomic E-state index is 0.272. The van der Waals surface area contributed by atoms with E-state index in [1.165, 1.54) is 0 Å². The zero-order valence-corrected chi connectivity index (χ0v) is 9.55. The maximum absolute atomic E-state index is 10.2. The van der Waals surface area contributed by atoms with Crippen LogP contribution in [0.2, 0.25) is 0 Å². The number of hydrogen-bond donors (Lipinski definition) is 1. The number of rotatable bonds is 0. The van der Waals surface area contributed by atoms with Crippen LogP contribution in [-0.4, -0.2) is 5.11 Å². The molecule has 0 saturated carbocycles. The van der Waals surface area contributed by atoms with Crippen molar-refractivity contribution in [3.8, 4) is 5.75 Å². The Bertz CT molecular complexity index is 887. The lowest BCUT2D eigenvalue weighted by molar-refractivity contribution is 0.482. The molecule has 0 fully saturated rings. The maximum atomic E-state index is 10.2. The molecule has 0 aliphatic heterocycles. The molecule has 2 heteroatoms. The van der Waals surface area contributed by atoms with Crippen molar-refractivity contribution >= 4 is 32.7 Å².